The largest absolute Gasteiger partial charge is 0.486 e. The molecule has 2 aromatic rings. The second kappa shape index (κ2) is 10.2. The van der Waals surface area contributed by atoms with E-state index in [2.05, 4.69) is 4.90 Å². The smallest absolute Gasteiger partial charge is 0.227 e. The molecule has 0 bridgehead atoms. The molecule has 29 heavy (non-hydrogen) atoms. The summed E-state index contributed by atoms with van der Waals surface area (Å²) in [5.74, 6) is 1.49. The van der Waals surface area contributed by atoms with Crippen molar-refractivity contribution < 1.29 is 14.3 Å². The lowest BCUT2D eigenvalue weighted by Crippen LogP contribution is -2.34. The van der Waals surface area contributed by atoms with Crippen molar-refractivity contribution in [1.29, 1.82) is 0 Å². The second-order valence-electron chi connectivity index (χ2n) is 7.38. The number of nitrogens with zero attached hydrogens (tertiary/aromatic N) is 2. The number of fused-ring (bicyclic) bond motifs is 1. The molecule has 1 aliphatic rings. The van der Waals surface area contributed by atoms with Crippen molar-refractivity contribution in [3.8, 4) is 11.5 Å². The highest BCUT2D eigenvalue weighted by molar-refractivity contribution is 6.42. The summed E-state index contributed by atoms with van der Waals surface area (Å²) in [5, 5.41) is 1.01. The Balaban J connectivity index is 1.71. The summed E-state index contributed by atoms with van der Waals surface area (Å²) in [6, 6.07) is 11.2. The van der Waals surface area contributed by atoms with E-state index < -0.39 is 0 Å². The van der Waals surface area contributed by atoms with Gasteiger partial charge in [0.1, 0.15) is 13.2 Å². The van der Waals surface area contributed by atoms with Crippen molar-refractivity contribution in [2.45, 2.75) is 19.4 Å². The van der Waals surface area contributed by atoms with Crippen LogP contribution < -0.4 is 9.47 Å². The zero-order valence-corrected chi connectivity index (χ0v) is 18.3. The van der Waals surface area contributed by atoms with E-state index in [1.807, 2.05) is 49.3 Å². The monoisotopic (exact) mass is 436 g/mol. The first-order chi connectivity index (χ1) is 13.9. The third-order valence-electron chi connectivity index (χ3n) is 4.71. The summed E-state index contributed by atoms with van der Waals surface area (Å²) in [5.41, 5.74) is 1.87. The first-order valence-corrected chi connectivity index (χ1v) is 10.4. The number of carbonyl (C=O) groups excluding carboxylic acids is 1. The summed E-state index contributed by atoms with van der Waals surface area (Å²) in [6.07, 6.45) is 1.20. The average molecular weight is 437 g/mol. The molecule has 0 spiro atoms. The molecule has 0 atom stereocenters. The van der Waals surface area contributed by atoms with Crippen LogP contribution in [0.3, 0.4) is 0 Å². The standard InChI is InChI=1S/C22H26Cl2N2O3/c1-25(2)8-3-9-26(15-17-4-6-18(23)19(24)12-17)22(27)14-16-5-7-20-21(13-16)29-11-10-28-20/h4-7,12-13H,3,8-11,14-15H2,1-2H3. The molecule has 1 heterocycles. The zero-order chi connectivity index (χ0) is 20.8. The van der Waals surface area contributed by atoms with Gasteiger partial charge in [-0.25, -0.2) is 0 Å². The summed E-state index contributed by atoms with van der Waals surface area (Å²) < 4.78 is 11.2. The number of ether oxygens (including phenoxy) is 2. The van der Waals surface area contributed by atoms with Gasteiger partial charge >= 0.3 is 0 Å². The van der Waals surface area contributed by atoms with Crippen LogP contribution in [0.2, 0.25) is 10.0 Å². The molecule has 0 aromatic heterocycles. The van der Waals surface area contributed by atoms with Crippen LogP contribution in [0, 0.1) is 0 Å². The predicted molar refractivity (Wildman–Crippen MR) is 116 cm³/mol. The minimum absolute atomic E-state index is 0.0616. The quantitative estimate of drug-likeness (QED) is 0.618. The maximum absolute atomic E-state index is 13.1. The van der Waals surface area contributed by atoms with Crippen LogP contribution in [-0.2, 0) is 17.8 Å². The van der Waals surface area contributed by atoms with E-state index in [1.165, 1.54) is 0 Å². The number of benzene rings is 2. The van der Waals surface area contributed by atoms with Gasteiger partial charge in [-0.3, -0.25) is 4.79 Å². The number of carbonyl (C=O) groups is 1. The Morgan fingerprint density at radius 3 is 2.38 bits per heavy atom. The average Bonchev–Trinajstić information content (AvgIpc) is 2.69. The fourth-order valence-electron chi connectivity index (χ4n) is 3.21. The van der Waals surface area contributed by atoms with Crippen molar-refractivity contribution in [3.05, 3.63) is 57.6 Å². The predicted octanol–water partition coefficient (Wildman–Crippen LogP) is 4.29. The molecule has 156 valence electrons. The van der Waals surface area contributed by atoms with Gasteiger partial charge in [-0.05, 0) is 62.5 Å². The van der Waals surface area contributed by atoms with Crippen molar-refractivity contribution in [3.63, 3.8) is 0 Å². The molecule has 0 aliphatic carbocycles. The maximum Gasteiger partial charge on any atom is 0.227 e. The van der Waals surface area contributed by atoms with Gasteiger partial charge in [-0.15, -0.1) is 0 Å². The topological polar surface area (TPSA) is 42.0 Å². The van der Waals surface area contributed by atoms with Crippen LogP contribution in [0.15, 0.2) is 36.4 Å². The van der Waals surface area contributed by atoms with Crippen LogP contribution in [0.1, 0.15) is 17.5 Å². The van der Waals surface area contributed by atoms with Crippen molar-refractivity contribution in [2.24, 2.45) is 0 Å². The molecule has 0 N–H and O–H groups in total. The summed E-state index contributed by atoms with van der Waals surface area (Å²) >= 11 is 12.2. The molecule has 1 amide bonds. The van der Waals surface area contributed by atoms with Crippen molar-refractivity contribution >= 4 is 29.1 Å². The molecule has 0 radical (unpaired) electrons. The van der Waals surface area contributed by atoms with Gasteiger partial charge < -0.3 is 19.3 Å². The van der Waals surface area contributed by atoms with E-state index in [0.717, 1.165) is 29.8 Å². The molecule has 3 rings (SSSR count). The summed E-state index contributed by atoms with van der Waals surface area (Å²) in [7, 11) is 4.06. The Bertz CT molecular complexity index is 858. The van der Waals surface area contributed by atoms with E-state index >= 15 is 0 Å². The minimum Gasteiger partial charge on any atom is -0.486 e. The molecule has 5 nitrogen and oxygen atoms in total. The van der Waals surface area contributed by atoms with Gasteiger partial charge in [-0.1, -0.05) is 35.3 Å². The van der Waals surface area contributed by atoms with Gasteiger partial charge in [0.15, 0.2) is 11.5 Å². The molecule has 7 heteroatoms. The van der Waals surface area contributed by atoms with Crippen molar-refractivity contribution in [1.82, 2.24) is 9.80 Å². The Labute approximate surface area is 182 Å². The van der Waals surface area contributed by atoms with E-state index in [1.54, 1.807) is 6.07 Å². The lowest BCUT2D eigenvalue weighted by Gasteiger charge is -2.24. The van der Waals surface area contributed by atoms with Gasteiger partial charge in [-0.2, -0.15) is 0 Å². The van der Waals surface area contributed by atoms with E-state index in [0.29, 0.717) is 48.5 Å². The zero-order valence-electron chi connectivity index (χ0n) is 16.8. The molecular formula is C22H26Cl2N2O3. The summed E-state index contributed by atoms with van der Waals surface area (Å²) in [6.45, 7) is 3.15. The van der Waals surface area contributed by atoms with Gasteiger partial charge in [0.05, 0.1) is 16.5 Å². The van der Waals surface area contributed by atoms with E-state index in [-0.39, 0.29) is 5.91 Å². The highest BCUT2D eigenvalue weighted by atomic mass is 35.5. The van der Waals surface area contributed by atoms with Crippen LogP contribution >= 0.6 is 23.2 Å². The van der Waals surface area contributed by atoms with E-state index in [9.17, 15) is 4.79 Å². The number of rotatable bonds is 8. The fraction of sp³-hybridized carbons (Fsp3) is 0.409. The van der Waals surface area contributed by atoms with Gasteiger partial charge in [0.25, 0.3) is 0 Å². The fourth-order valence-corrected chi connectivity index (χ4v) is 3.53. The van der Waals surface area contributed by atoms with Gasteiger partial charge in [0, 0.05) is 13.1 Å². The Morgan fingerprint density at radius 2 is 1.66 bits per heavy atom. The summed E-state index contributed by atoms with van der Waals surface area (Å²) in [4.78, 5) is 17.1. The number of amides is 1. The first kappa shape index (κ1) is 21.8. The normalized spacial score (nSPS) is 12.9. The molecule has 0 fully saturated rings. The highest BCUT2D eigenvalue weighted by Gasteiger charge is 2.18. The van der Waals surface area contributed by atoms with Crippen LogP contribution in [0.25, 0.3) is 0 Å². The number of halogens is 2. The van der Waals surface area contributed by atoms with Crippen molar-refractivity contribution in [2.75, 3.05) is 40.4 Å². The Kier molecular flexibility index (Phi) is 7.64. The van der Waals surface area contributed by atoms with Crippen LogP contribution in [0.5, 0.6) is 11.5 Å². The maximum atomic E-state index is 13.1. The second-order valence-corrected chi connectivity index (χ2v) is 8.19. The molecule has 0 saturated carbocycles. The molecule has 1 aliphatic heterocycles. The third-order valence-corrected chi connectivity index (χ3v) is 5.44. The highest BCUT2D eigenvalue weighted by Crippen LogP contribution is 2.31. The third kappa shape index (κ3) is 6.26. The number of hydrogen-bond acceptors (Lipinski definition) is 4. The Morgan fingerprint density at radius 1 is 0.931 bits per heavy atom. The van der Waals surface area contributed by atoms with Gasteiger partial charge in [0.2, 0.25) is 5.91 Å². The van der Waals surface area contributed by atoms with Crippen LogP contribution in [-0.4, -0.2) is 56.1 Å². The first-order valence-electron chi connectivity index (χ1n) is 9.67. The molecular weight excluding hydrogens is 411 g/mol. The minimum atomic E-state index is 0.0616. The number of hydrogen-bond donors (Lipinski definition) is 0. The SMILES string of the molecule is CN(C)CCCN(Cc1ccc(Cl)c(Cl)c1)C(=O)Cc1ccc2c(c1)OCCO2. The molecule has 0 saturated heterocycles. The molecule has 2 aromatic carbocycles. The van der Waals surface area contributed by atoms with E-state index in [4.69, 9.17) is 32.7 Å². The Hall–Kier alpha value is -1.95. The van der Waals surface area contributed by atoms with Crippen LogP contribution in [0.4, 0.5) is 0 Å². The lowest BCUT2D eigenvalue weighted by atomic mass is 10.1. The lowest BCUT2D eigenvalue weighted by molar-refractivity contribution is -0.131. The molecule has 0 unspecified atom stereocenters.